The zero-order valence-electron chi connectivity index (χ0n) is 16.3. The first-order valence-corrected chi connectivity index (χ1v) is 10.5. The molecule has 148 valence electrons. The third-order valence-electron chi connectivity index (χ3n) is 4.79. The number of carbonyl (C=O) groups excluding carboxylic acids is 2. The van der Waals surface area contributed by atoms with Crippen LogP contribution in [-0.4, -0.2) is 34.9 Å². The Morgan fingerprint density at radius 3 is 2.30 bits per heavy atom. The van der Waals surface area contributed by atoms with Gasteiger partial charge in [0.2, 0.25) is 5.91 Å². The van der Waals surface area contributed by atoms with E-state index in [1.807, 2.05) is 29.2 Å². The molecule has 0 radical (unpaired) electrons. The predicted molar refractivity (Wildman–Crippen MR) is 114 cm³/mol. The molecule has 1 heterocycles. The van der Waals surface area contributed by atoms with Crippen LogP contribution in [0.15, 0.2) is 24.3 Å². The number of nitrogens with one attached hydrogen (secondary N) is 2. The topological polar surface area (TPSA) is 61.4 Å². The molecule has 0 spiro atoms. The van der Waals surface area contributed by atoms with E-state index in [0.717, 1.165) is 57.3 Å². The molecular weight excluding hydrogens is 358 g/mol. The van der Waals surface area contributed by atoms with Gasteiger partial charge in [-0.1, -0.05) is 39.0 Å². The summed E-state index contributed by atoms with van der Waals surface area (Å²) in [5.41, 5.74) is 1.45. The fourth-order valence-corrected chi connectivity index (χ4v) is 3.45. The number of rotatable bonds is 7. The number of carbonyl (C=O) groups is 2. The van der Waals surface area contributed by atoms with Crippen LogP contribution >= 0.6 is 12.2 Å². The van der Waals surface area contributed by atoms with Crippen LogP contribution in [-0.2, 0) is 4.79 Å². The highest BCUT2D eigenvalue weighted by Gasteiger charge is 2.17. The van der Waals surface area contributed by atoms with E-state index < -0.39 is 0 Å². The van der Waals surface area contributed by atoms with Crippen molar-refractivity contribution in [3.05, 3.63) is 29.8 Å². The van der Waals surface area contributed by atoms with Crippen molar-refractivity contribution in [1.82, 2.24) is 10.2 Å². The van der Waals surface area contributed by atoms with Crippen molar-refractivity contribution < 1.29 is 9.59 Å². The lowest BCUT2D eigenvalue weighted by atomic mass is 10.1. The second kappa shape index (κ2) is 11.7. The van der Waals surface area contributed by atoms with Gasteiger partial charge < -0.3 is 15.5 Å². The number of likely N-dealkylation sites (tertiary alicyclic amines) is 1. The molecule has 0 saturated carbocycles. The van der Waals surface area contributed by atoms with Gasteiger partial charge in [0.05, 0.1) is 0 Å². The number of hydrogen-bond acceptors (Lipinski definition) is 3. The molecule has 1 aliphatic rings. The monoisotopic (exact) mass is 389 g/mol. The summed E-state index contributed by atoms with van der Waals surface area (Å²) in [5.74, 6) is 0.0305. The van der Waals surface area contributed by atoms with Gasteiger partial charge in [-0.15, -0.1) is 0 Å². The van der Waals surface area contributed by atoms with Gasteiger partial charge in [0.1, 0.15) is 0 Å². The first kappa shape index (κ1) is 21.4. The number of benzene rings is 1. The molecule has 0 bridgehead atoms. The minimum atomic E-state index is -0.0587. The molecule has 2 amide bonds. The zero-order valence-corrected chi connectivity index (χ0v) is 17.1. The maximum absolute atomic E-state index is 12.6. The van der Waals surface area contributed by atoms with Gasteiger partial charge in [0.25, 0.3) is 5.91 Å². The van der Waals surface area contributed by atoms with Crippen molar-refractivity contribution in [2.45, 2.75) is 64.7 Å². The quantitative estimate of drug-likeness (QED) is 0.533. The first-order valence-electron chi connectivity index (χ1n) is 10.1. The van der Waals surface area contributed by atoms with Gasteiger partial charge in [-0.3, -0.25) is 9.59 Å². The maximum Gasteiger partial charge on any atom is 0.253 e. The largest absolute Gasteiger partial charge is 0.339 e. The molecule has 2 rings (SSSR count). The van der Waals surface area contributed by atoms with Crippen LogP contribution in [0.3, 0.4) is 0 Å². The average Bonchev–Trinajstić information content (AvgIpc) is 2.94. The Labute approximate surface area is 167 Å². The molecule has 1 aliphatic heterocycles. The Morgan fingerprint density at radius 2 is 1.67 bits per heavy atom. The summed E-state index contributed by atoms with van der Waals surface area (Å²) < 4.78 is 0. The minimum absolute atomic E-state index is 0.0587. The Hall–Kier alpha value is -1.95. The Kier molecular flexibility index (Phi) is 9.25. The van der Waals surface area contributed by atoms with Crippen LogP contribution in [0.2, 0.25) is 0 Å². The van der Waals surface area contributed by atoms with E-state index in [4.69, 9.17) is 12.2 Å². The van der Waals surface area contributed by atoms with Crippen LogP contribution in [0.5, 0.6) is 0 Å². The fraction of sp³-hybridized carbons (Fsp3) is 0.571. The highest BCUT2D eigenvalue weighted by atomic mass is 32.1. The smallest absolute Gasteiger partial charge is 0.253 e. The number of anilines is 1. The SMILES string of the molecule is CCCCCCC(=O)NC(=S)Nc1ccc(C(=O)N2CCCCCC2)cc1. The molecule has 1 aromatic rings. The van der Waals surface area contributed by atoms with Crippen LogP contribution in [0, 0.1) is 0 Å². The summed E-state index contributed by atoms with van der Waals surface area (Å²) in [5, 5.41) is 6.01. The second-order valence-corrected chi connectivity index (χ2v) is 7.50. The number of amides is 2. The van der Waals surface area contributed by atoms with Crippen molar-refractivity contribution in [1.29, 1.82) is 0 Å². The third-order valence-corrected chi connectivity index (χ3v) is 5.00. The lowest BCUT2D eigenvalue weighted by molar-refractivity contribution is -0.119. The van der Waals surface area contributed by atoms with Crippen molar-refractivity contribution in [2.24, 2.45) is 0 Å². The molecule has 0 aliphatic carbocycles. The van der Waals surface area contributed by atoms with E-state index in [-0.39, 0.29) is 11.8 Å². The van der Waals surface area contributed by atoms with Crippen molar-refractivity contribution in [3.63, 3.8) is 0 Å². The molecule has 0 aromatic heterocycles. The van der Waals surface area contributed by atoms with E-state index in [1.165, 1.54) is 12.8 Å². The number of hydrogen-bond donors (Lipinski definition) is 2. The van der Waals surface area contributed by atoms with Crippen molar-refractivity contribution in [3.8, 4) is 0 Å². The first-order chi connectivity index (χ1) is 13.1. The maximum atomic E-state index is 12.6. The lowest BCUT2D eigenvalue weighted by Gasteiger charge is -2.20. The van der Waals surface area contributed by atoms with E-state index in [0.29, 0.717) is 17.1 Å². The summed E-state index contributed by atoms with van der Waals surface area (Å²) in [6.07, 6.45) is 9.31. The summed E-state index contributed by atoms with van der Waals surface area (Å²) >= 11 is 5.20. The number of unbranched alkanes of at least 4 members (excludes halogenated alkanes) is 3. The fourth-order valence-electron chi connectivity index (χ4n) is 3.22. The average molecular weight is 390 g/mol. The van der Waals surface area contributed by atoms with Crippen LogP contribution in [0.4, 0.5) is 5.69 Å². The molecule has 1 aromatic carbocycles. The summed E-state index contributed by atoms with van der Waals surface area (Å²) in [7, 11) is 0. The Morgan fingerprint density at radius 1 is 1.00 bits per heavy atom. The Bertz CT molecular complexity index is 623. The molecule has 6 heteroatoms. The molecule has 1 saturated heterocycles. The highest BCUT2D eigenvalue weighted by Crippen LogP contribution is 2.15. The highest BCUT2D eigenvalue weighted by molar-refractivity contribution is 7.80. The van der Waals surface area contributed by atoms with E-state index in [2.05, 4.69) is 17.6 Å². The zero-order chi connectivity index (χ0) is 19.5. The summed E-state index contributed by atoms with van der Waals surface area (Å²) in [6.45, 7) is 3.83. The van der Waals surface area contributed by atoms with Gasteiger partial charge in [-0.25, -0.2) is 0 Å². The summed E-state index contributed by atoms with van der Waals surface area (Å²) in [4.78, 5) is 26.4. The molecule has 0 unspecified atom stereocenters. The molecule has 2 N–H and O–H groups in total. The Balaban J connectivity index is 1.79. The summed E-state index contributed by atoms with van der Waals surface area (Å²) in [6, 6.07) is 7.27. The van der Waals surface area contributed by atoms with E-state index in [9.17, 15) is 9.59 Å². The molecule has 5 nitrogen and oxygen atoms in total. The van der Waals surface area contributed by atoms with Gasteiger partial charge in [0, 0.05) is 30.8 Å². The van der Waals surface area contributed by atoms with Crippen LogP contribution < -0.4 is 10.6 Å². The van der Waals surface area contributed by atoms with E-state index in [1.54, 1.807) is 0 Å². The van der Waals surface area contributed by atoms with Crippen LogP contribution in [0.25, 0.3) is 0 Å². The van der Waals surface area contributed by atoms with E-state index >= 15 is 0 Å². The third kappa shape index (κ3) is 7.67. The predicted octanol–water partition coefficient (Wildman–Crippen LogP) is 4.49. The number of thiocarbonyl (C=S) groups is 1. The standard InChI is InChI=1S/C21H31N3O2S/c1-2-3-4-7-10-19(25)23-21(27)22-18-13-11-17(12-14-18)20(26)24-15-8-5-6-9-16-24/h11-14H,2-10,15-16H2,1H3,(H2,22,23,25,27). The van der Waals surface area contributed by atoms with Gasteiger partial charge in [-0.2, -0.15) is 0 Å². The van der Waals surface area contributed by atoms with Crippen LogP contribution in [0.1, 0.15) is 75.1 Å². The number of nitrogens with zero attached hydrogens (tertiary/aromatic N) is 1. The minimum Gasteiger partial charge on any atom is -0.339 e. The van der Waals surface area contributed by atoms with Gasteiger partial charge in [0.15, 0.2) is 5.11 Å². The molecule has 1 fully saturated rings. The molecule has 27 heavy (non-hydrogen) atoms. The molecular formula is C21H31N3O2S. The van der Waals surface area contributed by atoms with Gasteiger partial charge in [-0.05, 0) is 55.7 Å². The second-order valence-electron chi connectivity index (χ2n) is 7.10. The molecule has 0 atom stereocenters. The van der Waals surface area contributed by atoms with Crippen molar-refractivity contribution >= 4 is 34.8 Å². The normalized spacial score (nSPS) is 14.3. The lowest BCUT2D eigenvalue weighted by Crippen LogP contribution is -2.34. The van der Waals surface area contributed by atoms with Gasteiger partial charge >= 0.3 is 0 Å². The van der Waals surface area contributed by atoms with Crippen molar-refractivity contribution in [2.75, 3.05) is 18.4 Å².